The zero-order valence-electron chi connectivity index (χ0n) is 12.9. The number of rotatable bonds is 7. The van der Waals surface area contributed by atoms with E-state index in [2.05, 4.69) is 19.2 Å². The van der Waals surface area contributed by atoms with Crippen LogP contribution < -0.4 is 5.32 Å². The molecule has 4 heteroatoms. The van der Waals surface area contributed by atoms with Crippen molar-refractivity contribution < 1.29 is 9.59 Å². The van der Waals surface area contributed by atoms with Crippen molar-refractivity contribution in [3.8, 4) is 0 Å². The van der Waals surface area contributed by atoms with Crippen LogP contribution in [0.5, 0.6) is 0 Å². The van der Waals surface area contributed by atoms with Crippen LogP contribution in [-0.4, -0.2) is 35.8 Å². The lowest BCUT2D eigenvalue weighted by atomic mass is 9.98. The average molecular weight is 280 g/mol. The number of amides is 2. The number of hydrogen-bond donors (Lipinski definition) is 1. The Hall–Kier alpha value is -1.06. The number of hydrogen-bond acceptors (Lipinski definition) is 2. The molecule has 0 spiro atoms. The third kappa shape index (κ3) is 3.97. The fraction of sp³-hybridized carbons (Fsp3) is 0.875. The molecule has 0 radical (unpaired) electrons. The maximum Gasteiger partial charge on any atom is 0.245 e. The average Bonchev–Trinajstić information content (AvgIpc) is 3.27. The Morgan fingerprint density at radius 3 is 2.65 bits per heavy atom. The smallest absolute Gasteiger partial charge is 0.245 e. The molecule has 2 unspecified atom stereocenters. The first kappa shape index (κ1) is 15.3. The van der Waals surface area contributed by atoms with E-state index >= 15 is 0 Å². The van der Waals surface area contributed by atoms with Gasteiger partial charge < -0.3 is 10.2 Å². The van der Waals surface area contributed by atoms with Crippen LogP contribution in [0.15, 0.2) is 0 Å². The predicted molar refractivity (Wildman–Crippen MR) is 79.2 cm³/mol. The minimum Gasteiger partial charge on any atom is -0.344 e. The molecular formula is C16H28N2O2. The molecule has 2 amide bonds. The molecule has 114 valence electrons. The zero-order valence-corrected chi connectivity index (χ0v) is 12.9. The normalized spacial score (nSPS) is 25.3. The fourth-order valence-corrected chi connectivity index (χ4v) is 3.01. The van der Waals surface area contributed by atoms with E-state index in [-0.39, 0.29) is 17.9 Å². The summed E-state index contributed by atoms with van der Waals surface area (Å²) in [5, 5.41) is 2.92. The minimum absolute atomic E-state index is 0.0411. The lowest BCUT2D eigenvalue weighted by Gasteiger charge is -2.28. The van der Waals surface area contributed by atoms with Crippen LogP contribution in [0.25, 0.3) is 0 Å². The molecule has 4 nitrogen and oxygen atoms in total. The topological polar surface area (TPSA) is 49.4 Å². The summed E-state index contributed by atoms with van der Waals surface area (Å²) in [7, 11) is 0. The molecule has 1 saturated carbocycles. The molecule has 20 heavy (non-hydrogen) atoms. The maximum absolute atomic E-state index is 12.6. The molecule has 0 aromatic heterocycles. The van der Waals surface area contributed by atoms with Crippen molar-refractivity contribution in [2.24, 2.45) is 11.8 Å². The van der Waals surface area contributed by atoms with Crippen molar-refractivity contribution in [2.45, 2.75) is 64.8 Å². The molecule has 1 aliphatic carbocycles. The summed E-state index contributed by atoms with van der Waals surface area (Å²) in [5.41, 5.74) is 0. The molecule has 1 aliphatic heterocycles. The first-order valence-electron chi connectivity index (χ1n) is 8.23. The van der Waals surface area contributed by atoms with Gasteiger partial charge in [-0.1, -0.05) is 33.1 Å². The largest absolute Gasteiger partial charge is 0.344 e. The second kappa shape index (κ2) is 7.09. The predicted octanol–water partition coefficient (Wildman–Crippen LogP) is 2.33. The van der Waals surface area contributed by atoms with Gasteiger partial charge in [0.1, 0.15) is 6.04 Å². The lowest BCUT2D eigenvalue weighted by molar-refractivity contribution is -0.134. The number of unbranched alkanes of at least 4 members (excludes halogenated alkanes) is 1. The standard InChI is InChI=1S/C16H28N2O2/c1-3-5-6-12(4-2)11-18-10-9-14(19)17-15(16(18)20)13-7-8-13/h12-13,15H,3-11H2,1-2H3,(H,17,19). The van der Waals surface area contributed by atoms with Crippen molar-refractivity contribution in [1.82, 2.24) is 10.2 Å². The second-order valence-electron chi connectivity index (χ2n) is 6.33. The van der Waals surface area contributed by atoms with Crippen molar-refractivity contribution in [1.29, 1.82) is 0 Å². The molecular weight excluding hydrogens is 252 g/mol. The Bertz CT molecular complexity index is 352. The van der Waals surface area contributed by atoms with Crippen LogP contribution in [0.4, 0.5) is 0 Å². The van der Waals surface area contributed by atoms with Crippen LogP contribution in [0.3, 0.4) is 0 Å². The maximum atomic E-state index is 12.6. The Balaban J connectivity index is 1.97. The minimum atomic E-state index is -0.242. The van der Waals surface area contributed by atoms with E-state index < -0.39 is 0 Å². The van der Waals surface area contributed by atoms with Crippen LogP contribution in [0.1, 0.15) is 58.8 Å². The Morgan fingerprint density at radius 1 is 1.30 bits per heavy atom. The summed E-state index contributed by atoms with van der Waals surface area (Å²) in [4.78, 5) is 26.3. The summed E-state index contributed by atoms with van der Waals surface area (Å²) < 4.78 is 0. The van der Waals surface area contributed by atoms with E-state index in [0.717, 1.165) is 25.8 Å². The van der Waals surface area contributed by atoms with Gasteiger partial charge in [-0.05, 0) is 31.1 Å². The van der Waals surface area contributed by atoms with Gasteiger partial charge in [-0.3, -0.25) is 9.59 Å². The van der Waals surface area contributed by atoms with E-state index in [1.165, 1.54) is 19.3 Å². The Labute approximate surface area is 122 Å². The van der Waals surface area contributed by atoms with Crippen LogP contribution in [0.2, 0.25) is 0 Å². The van der Waals surface area contributed by atoms with Gasteiger partial charge in [0.15, 0.2) is 0 Å². The quantitative estimate of drug-likeness (QED) is 0.778. The van der Waals surface area contributed by atoms with Crippen molar-refractivity contribution in [3.05, 3.63) is 0 Å². The third-order valence-electron chi connectivity index (χ3n) is 4.62. The molecule has 1 saturated heterocycles. The van der Waals surface area contributed by atoms with E-state index in [9.17, 15) is 9.59 Å². The van der Waals surface area contributed by atoms with Gasteiger partial charge in [-0.15, -0.1) is 0 Å². The first-order valence-corrected chi connectivity index (χ1v) is 8.23. The summed E-state index contributed by atoms with van der Waals surface area (Å²) in [5.74, 6) is 1.17. The highest BCUT2D eigenvalue weighted by atomic mass is 16.2. The van der Waals surface area contributed by atoms with Gasteiger partial charge in [0.25, 0.3) is 0 Å². The molecule has 2 atom stereocenters. The second-order valence-corrected chi connectivity index (χ2v) is 6.33. The first-order chi connectivity index (χ1) is 9.65. The monoisotopic (exact) mass is 280 g/mol. The summed E-state index contributed by atoms with van der Waals surface area (Å²) >= 11 is 0. The molecule has 0 aromatic carbocycles. The Kier molecular flexibility index (Phi) is 5.44. The lowest BCUT2D eigenvalue weighted by Crippen LogP contribution is -2.47. The summed E-state index contributed by atoms with van der Waals surface area (Å²) in [6, 6.07) is -0.242. The molecule has 1 N–H and O–H groups in total. The van der Waals surface area contributed by atoms with Crippen molar-refractivity contribution >= 4 is 11.8 Å². The molecule has 1 heterocycles. The third-order valence-corrected chi connectivity index (χ3v) is 4.62. The molecule has 0 bridgehead atoms. The van der Waals surface area contributed by atoms with Gasteiger partial charge in [-0.2, -0.15) is 0 Å². The fourth-order valence-electron chi connectivity index (χ4n) is 3.01. The van der Waals surface area contributed by atoms with Gasteiger partial charge in [0.05, 0.1) is 0 Å². The number of nitrogens with zero attached hydrogens (tertiary/aromatic N) is 1. The molecule has 2 fully saturated rings. The van der Waals surface area contributed by atoms with Crippen LogP contribution in [-0.2, 0) is 9.59 Å². The zero-order chi connectivity index (χ0) is 14.5. The van der Waals surface area contributed by atoms with Gasteiger partial charge in [0, 0.05) is 19.5 Å². The van der Waals surface area contributed by atoms with Gasteiger partial charge in [-0.25, -0.2) is 0 Å². The van der Waals surface area contributed by atoms with E-state index in [0.29, 0.717) is 24.8 Å². The molecule has 0 aromatic rings. The highest BCUT2D eigenvalue weighted by molar-refractivity contribution is 5.90. The number of carbonyl (C=O) groups excluding carboxylic acids is 2. The van der Waals surface area contributed by atoms with Crippen LogP contribution in [0, 0.1) is 11.8 Å². The number of nitrogens with one attached hydrogen (secondary N) is 1. The van der Waals surface area contributed by atoms with E-state index in [4.69, 9.17) is 0 Å². The van der Waals surface area contributed by atoms with Gasteiger partial charge in [0.2, 0.25) is 11.8 Å². The van der Waals surface area contributed by atoms with Crippen molar-refractivity contribution in [2.75, 3.05) is 13.1 Å². The summed E-state index contributed by atoms with van der Waals surface area (Å²) in [6.45, 7) is 5.82. The van der Waals surface area contributed by atoms with Crippen LogP contribution >= 0.6 is 0 Å². The summed E-state index contributed by atoms with van der Waals surface area (Å²) in [6.07, 6.45) is 7.35. The highest BCUT2D eigenvalue weighted by Crippen LogP contribution is 2.34. The Morgan fingerprint density at radius 2 is 2.05 bits per heavy atom. The highest BCUT2D eigenvalue weighted by Gasteiger charge is 2.41. The van der Waals surface area contributed by atoms with Gasteiger partial charge >= 0.3 is 0 Å². The number of carbonyl (C=O) groups is 2. The van der Waals surface area contributed by atoms with Crippen molar-refractivity contribution in [3.63, 3.8) is 0 Å². The van der Waals surface area contributed by atoms with E-state index in [1.54, 1.807) is 0 Å². The SMILES string of the molecule is CCCCC(CC)CN1CCC(=O)NC(C2CC2)C1=O. The molecule has 2 aliphatic rings. The van der Waals surface area contributed by atoms with E-state index in [1.807, 2.05) is 4.90 Å². The molecule has 2 rings (SSSR count).